The van der Waals surface area contributed by atoms with Crippen molar-refractivity contribution >= 4 is 54.8 Å². The zero-order valence-electron chi connectivity index (χ0n) is 22.7. The molecule has 2 aromatic carbocycles. The molecule has 1 aromatic heterocycles. The van der Waals surface area contributed by atoms with Crippen LogP contribution in [-0.4, -0.2) is 60.0 Å². The summed E-state index contributed by atoms with van der Waals surface area (Å²) in [6.07, 6.45) is 4.39. The van der Waals surface area contributed by atoms with Crippen molar-refractivity contribution < 1.29 is 24.0 Å². The first-order chi connectivity index (χ1) is 18.2. The maximum absolute atomic E-state index is 13.6. The molecule has 4 rings (SSSR count). The molecule has 8 heteroatoms. The molecule has 7 nitrogen and oxygen atoms in total. The third kappa shape index (κ3) is 6.20. The maximum atomic E-state index is 13.6. The summed E-state index contributed by atoms with van der Waals surface area (Å²) in [6, 6.07) is 11.4. The second-order valence-corrected chi connectivity index (χ2v) is 11.4. The molecule has 202 valence electrons. The average Bonchev–Trinajstić information content (AvgIpc) is 3.29. The van der Waals surface area contributed by atoms with Crippen molar-refractivity contribution in [2.24, 2.45) is 5.16 Å². The number of hydrogen-bond donors (Lipinski definition) is 0. The number of thiophene rings is 1. The van der Waals surface area contributed by atoms with Gasteiger partial charge < -0.3 is 9.57 Å². The molecular formula is C30H36N2O5S. The van der Waals surface area contributed by atoms with E-state index < -0.39 is 11.5 Å². The van der Waals surface area contributed by atoms with Crippen LogP contribution in [0.5, 0.6) is 0 Å². The van der Waals surface area contributed by atoms with Gasteiger partial charge in [-0.15, -0.1) is 11.3 Å². The third-order valence-corrected chi connectivity index (χ3v) is 8.32. The zero-order valence-corrected chi connectivity index (χ0v) is 23.5. The standard InChI is InChI=1S/C30H36N2O5S/c1-5-6-7-8-9-25(31-37-20(2)33)28(34)21-10-12-26-23(18-21)24-19-22(11-13-27(24)38-26)29(35)30(3,4)32-14-16-36-17-15-32/h10-13,18-19H,5-9,14-17H2,1-4H3/b31-25+. The quantitative estimate of drug-likeness (QED) is 0.0924. The number of benzene rings is 2. The highest BCUT2D eigenvalue weighted by molar-refractivity contribution is 7.25. The van der Waals surface area contributed by atoms with Gasteiger partial charge in [-0.25, -0.2) is 4.79 Å². The van der Waals surface area contributed by atoms with Gasteiger partial charge >= 0.3 is 5.97 Å². The number of nitrogens with zero attached hydrogens (tertiary/aromatic N) is 2. The summed E-state index contributed by atoms with van der Waals surface area (Å²) >= 11 is 1.63. The molecular weight excluding hydrogens is 500 g/mol. The van der Waals surface area contributed by atoms with Gasteiger partial charge in [0.1, 0.15) is 5.71 Å². The fraction of sp³-hybridized carbons (Fsp3) is 0.467. The molecule has 0 aliphatic carbocycles. The van der Waals surface area contributed by atoms with Crippen LogP contribution in [0.3, 0.4) is 0 Å². The van der Waals surface area contributed by atoms with Crippen molar-refractivity contribution in [3.05, 3.63) is 47.5 Å². The molecule has 1 fully saturated rings. The van der Waals surface area contributed by atoms with Gasteiger partial charge in [0.05, 0.1) is 18.8 Å². The molecule has 38 heavy (non-hydrogen) atoms. The Bertz CT molecular complexity index is 1370. The number of morpholine rings is 1. The minimum Gasteiger partial charge on any atom is -0.379 e. The highest BCUT2D eigenvalue weighted by Gasteiger charge is 2.36. The van der Waals surface area contributed by atoms with Crippen molar-refractivity contribution in [2.75, 3.05) is 26.3 Å². The molecule has 0 saturated carbocycles. The largest absolute Gasteiger partial charge is 0.379 e. The van der Waals surface area contributed by atoms with Crippen LogP contribution >= 0.6 is 11.3 Å². The van der Waals surface area contributed by atoms with E-state index in [0.717, 1.165) is 58.9 Å². The molecule has 2 heterocycles. The van der Waals surface area contributed by atoms with Crippen molar-refractivity contribution in [1.29, 1.82) is 0 Å². The fourth-order valence-electron chi connectivity index (χ4n) is 4.88. The number of unbranched alkanes of at least 4 members (excludes halogenated alkanes) is 3. The van der Waals surface area contributed by atoms with Crippen molar-refractivity contribution in [2.45, 2.75) is 65.3 Å². The van der Waals surface area contributed by atoms with Crippen LogP contribution < -0.4 is 0 Å². The van der Waals surface area contributed by atoms with E-state index >= 15 is 0 Å². The van der Waals surface area contributed by atoms with Crippen molar-refractivity contribution in [1.82, 2.24) is 4.90 Å². The van der Waals surface area contributed by atoms with Gasteiger partial charge in [0.15, 0.2) is 5.78 Å². The van der Waals surface area contributed by atoms with Gasteiger partial charge in [-0.3, -0.25) is 14.5 Å². The highest BCUT2D eigenvalue weighted by Crippen LogP contribution is 2.36. The van der Waals surface area contributed by atoms with E-state index in [1.807, 2.05) is 44.2 Å². The number of Topliss-reactive ketones (excluding diaryl/α,β-unsaturated/α-hetero) is 2. The summed E-state index contributed by atoms with van der Waals surface area (Å²) in [5, 5.41) is 5.77. The fourth-order valence-corrected chi connectivity index (χ4v) is 5.95. The topological polar surface area (TPSA) is 85.3 Å². The summed E-state index contributed by atoms with van der Waals surface area (Å²) < 4.78 is 7.56. The molecule has 1 aliphatic rings. The SMILES string of the molecule is CCCCCC/C(=N\OC(C)=O)C(=O)c1ccc2sc3ccc(C(=O)C(C)(C)N4CCOCC4)cc3c2c1. The summed E-state index contributed by atoms with van der Waals surface area (Å²) in [5.41, 5.74) is 0.741. The van der Waals surface area contributed by atoms with Gasteiger partial charge in [0, 0.05) is 51.3 Å². The Labute approximate surface area is 227 Å². The first kappa shape index (κ1) is 28.1. The minimum atomic E-state index is -0.649. The predicted octanol–water partition coefficient (Wildman–Crippen LogP) is 6.42. The van der Waals surface area contributed by atoms with E-state index in [1.165, 1.54) is 6.92 Å². The number of fused-ring (bicyclic) bond motifs is 3. The molecule has 0 bridgehead atoms. The third-order valence-electron chi connectivity index (χ3n) is 7.16. The number of ketones is 2. The summed E-state index contributed by atoms with van der Waals surface area (Å²) in [7, 11) is 0. The minimum absolute atomic E-state index is 0.0655. The Morgan fingerprint density at radius 2 is 1.61 bits per heavy atom. The van der Waals surface area contributed by atoms with Crippen LogP contribution in [0.25, 0.3) is 20.2 Å². The zero-order chi connectivity index (χ0) is 27.3. The lowest BCUT2D eigenvalue weighted by Crippen LogP contribution is -2.54. The monoisotopic (exact) mass is 536 g/mol. The number of rotatable bonds is 11. The highest BCUT2D eigenvalue weighted by atomic mass is 32.1. The van der Waals surface area contributed by atoms with Crippen LogP contribution in [0.15, 0.2) is 41.6 Å². The number of carbonyl (C=O) groups excluding carboxylic acids is 3. The van der Waals surface area contributed by atoms with Gasteiger partial charge in [0.2, 0.25) is 5.78 Å². The van der Waals surface area contributed by atoms with E-state index in [0.29, 0.717) is 30.8 Å². The molecule has 0 atom stereocenters. The number of ether oxygens (including phenoxy) is 1. The lowest BCUT2D eigenvalue weighted by atomic mass is 9.90. The van der Waals surface area contributed by atoms with Gasteiger partial charge in [-0.05, 0) is 63.1 Å². The summed E-state index contributed by atoms with van der Waals surface area (Å²) in [5.74, 6) is -0.735. The maximum Gasteiger partial charge on any atom is 0.331 e. The number of hydrogen-bond acceptors (Lipinski definition) is 8. The van der Waals surface area contributed by atoms with Gasteiger partial charge in [0.25, 0.3) is 0 Å². The van der Waals surface area contributed by atoms with Crippen molar-refractivity contribution in [3.8, 4) is 0 Å². The smallest absolute Gasteiger partial charge is 0.331 e. The average molecular weight is 537 g/mol. The molecule has 0 N–H and O–H groups in total. The Kier molecular flexibility index (Phi) is 9.07. The van der Waals surface area contributed by atoms with Crippen molar-refractivity contribution in [3.63, 3.8) is 0 Å². The van der Waals surface area contributed by atoms with Crippen LogP contribution in [0.1, 0.15) is 80.5 Å². The summed E-state index contributed by atoms with van der Waals surface area (Å²) in [4.78, 5) is 45.4. The first-order valence-electron chi connectivity index (χ1n) is 13.4. The predicted molar refractivity (Wildman–Crippen MR) is 152 cm³/mol. The molecule has 3 aromatic rings. The van der Waals surface area contributed by atoms with Gasteiger partial charge in [-0.2, -0.15) is 0 Å². The van der Waals surface area contributed by atoms with E-state index in [-0.39, 0.29) is 17.3 Å². The number of carbonyl (C=O) groups is 3. The molecule has 0 spiro atoms. The van der Waals surface area contributed by atoms with Gasteiger partial charge in [-0.1, -0.05) is 31.3 Å². The lowest BCUT2D eigenvalue weighted by Gasteiger charge is -2.39. The molecule has 1 saturated heterocycles. The molecule has 0 unspecified atom stereocenters. The van der Waals surface area contributed by atoms with E-state index in [9.17, 15) is 14.4 Å². The van der Waals surface area contributed by atoms with Crippen LogP contribution in [-0.2, 0) is 14.4 Å². The second-order valence-electron chi connectivity index (χ2n) is 10.3. The second kappa shape index (κ2) is 12.3. The van der Waals surface area contributed by atoms with E-state index in [1.54, 1.807) is 17.4 Å². The molecule has 0 radical (unpaired) electrons. The number of oxime groups is 1. The molecule has 0 amide bonds. The van der Waals surface area contributed by atoms with Crippen LogP contribution in [0.2, 0.25) is 0 Å². The van der Waals surface area contributed by atoms with E-state index in [4.69, 9.17) is 9.57 Å². The first-order valence-corrected chi connectivity index (χ1v) is 14.2. The van der Waals surface area contributed by atoms with E-state index in [2.05, 4.69) is 17.0 Å². The molecule has 1 aliphatic heterocycles. The normalized spacial score (nSPS) is 15.2. The lowest BCUT2D eigenvalue weighted by molar-refractivity contribution is -0.140. The Morgan fingerprint density at radius 3 is 2.24 bits per heavy atom. The summed E-state index contributed by atoms with van der Waals surface area (Å²) in [6.45, 7) is 10.0. The van der Waals surface area contributed by atoms with Crippen LogP contribution in [0.4, 0.5) is 0 Å². The van der Waals surface area contributed by atoms with Crippen LogP contribution in [0, 0.1) is 0 Å². The Morgan fingerprint density at radius 1 is 0.974 bits per heavy atom. The Balaban J connectivity index is 1.66. The Hall–Kier alpha value is -2.94.